The number of carboxylic acids is 1. The highest BCUT2D eigenvalue weighted by Gasteiger charge is 2.22. The highest BCUT2D eigenvalue weighted by Crippen LogP contribution is 2.00. The van der Waals surface area contributed by atoms with Crippen molar-refractivity contribution in [3.05, 3.63) is 48.6 Å². The van der Waals surface area contributed by atoms with Crippen LogP contribution in [-0.2, 0) is 15.6 Å². The van der Waals surface area contributed by atoms with Gasteiger partial charge in [0, 0.05) is 22.1 Å². The lowest BCUT2D eigenvalue weighted by atomic mass is 10.2. The predicted molar refractivity (Wildman–Crippen MR) is 73.4 cm³/mol. The second-order valence-corrected chi connectivity index (χ2v) is 5.34. The second kappa shape index (κ2) is 7.48. The van der Waals surface area contributed by atoms with Gasteiger partial charge < -0.3 is 10.4 Å². The van der Waals surface area contributed by atoms with E-state index >= 15 is 0 Å². The summed E-state index contributed by atoms with van der Waals surface area (Å²) < 4.78 is 11.5. The molecule has 102 valence electrons. The molecule has 0 bridgehead atoms. The Labute approximate surface area is 113 Å². The second-order valence-electron chi connectivity index (χ2n) is 3.79. The highest BCUT2D eigenvalue weighted by molar-refractivity contribution is 7.85. The first-order chi connectivity index (χ1) is 9.04. The normalized spacial score (nSPS) is 13.3. The molecular weight excluding hydrogens is 266 g/mol. The van der Waals surface area contributed by atoms with Crippen molar-refractivity contribution >= 4 is 22.7 Å². The van der Waals surface area contributed by atoms with Crippen LogP contribution in [0.4, 0.5) is 0 Å². The molecule has 2 N–H and O–H groups in total. The largest absolute Gasteiger partial charge is 0.480 e. The van der Waals surface area contributed by atoms with Crippen molar-refractivity contribution in [3.63, 3.8) is 0 Å². The lowest BCUT2D eigenvalue weighted by Crippen LogP contribution is -2.44. The number of hydrogen-bond acceptors (Lipinski definition) is 3. The molecular formula is C13H15NO4S. The fraction of sp³-hybridized carbons (Fsp3) is 0.231. The zero-order valence-electron chi connectivity index (χ0n) is 10.2. The predicted octanol–water partition coefficient (Wildman–Crippen LogP) is 0.804. The van der Waals surface area contributed by atoms with E-state index in [0.29, 0.717) is 5.56 Å². The lowest BCUT2D eigenvalue weighted by Gasteiger charge is -2.13. The molecule has 2 atom stereocenters. The van der Waals surface area contributed by atoms with Gasteiger partial charge in [-0.1, -0.05) is 24.3 Å². The van der Waals surface area contributed by atoms with Gasteiger partial charge in [0.15, 0.2) is 0 Å². The summed E-state index contributed by atoms with van der Waals surface area (Å²) in [5, 5.41) is 11.4. The monoisotopic (exact) mass is 281 g/mol. The number of benzene rings is 1. The van der Waals surface area contributed by atoms with Gasteiger partial charge in [-0.3, -0.25) is 9.00 Å². The number of hydrogen-bond donors (Lipinski definition) is 2. The molecule has 0 aromatic heterocycles. The van der Waals surface area contributed by atoms with Crippen LogP contribution in [0.15, 0.2) is 43.0 Å². The Morgan fingerprint density at radius 2 is 2.00 bits per heavy atom. The van der Waals surface area contributed by atoms with Crippen LogP contribution in [0.1, 0.15) is 10.4 Å². The van der Waals surface area contributed by atoms with E-state index in [1.54, 1.807) is 30.3 Å². The summed E-state index contributed by atoms with van der Waals surface area (Å²) >= 11 is 0. The summed E-state index contributed by atoms with van der Waals surface area (Å²) in [4.78, 5) is 22.8. The molecule has 19 heavy (non-hydrogen) atoms. The molecule has 0 radical (unpaired) electrons. The number of rotatable bonds is 7. The van der Waals surface area contributed by atoms with Crippen LogP contribution < -0.4 is 5.32 Å². The van der Waals surface area contributed by atoms with Gasteiger partial charge in [0.1, 0.15) is 6.04 Å². The molecule has 0 aliphatic heterocycles. The van der Waals surface area contributed by atoms with E-state index in [0.717, 1.165) is 0 Å². The van der Waals surface area contributed by atoms with Crippen LogP contribution in [0.5, 0.6) is 0 Å². The van der Waals surface area contributed by atoms with E-state index < -0.39 is 28.7 Å². The van der Waals surface area contributed by atoms with E-state index in [-0.39, 0.29) is 11.5 Å². The topological polar surface area (TPSA) is 83.5 Å². The zero-order valence-corrected chi connectivity index (χ0v) is 11.1. The van der Waals surface area contributed by atoms with E-state index in [1.165, 1.54) is 6.08 Å². The van der Waals surface area contributed by atoms with E-state index in [2.05, 4.69) is 11.9 Å². The SMILES string of the molecule is C=CC[S@@](=O)C[C@H](NC(=O)c1ccccc1)C(=O)O. The summed E-state index contributed by atoms with van der Waals surface area (Å²) in [5.41, 5.74) is 0.364. The van der Waals surface area contributed by atoms with Gasteiger partial charge in [-0.15, -0.1) is 6.58 Å². The first-order valence-corrected chi connectivity index (χ1v) is 7.08. The minimum Gasteiger partial charge on any atom is -0.480 e. The fourth-order valence-electron chi connectivity index (χ4n) is 1.39. The molecule has 1 aromatic rings. The van der Waals surface area contributed by atoms with Crippen molar-refractivity contribution in [1.82, 2.24) is 5.32 Å². The Morgan fingerprint density at radius 3 is 2.53 bits per heavy atom. The molecule has 0 aliphatic carbocycles. The maximum Gasteiger partial charge on any atom is 0.327 e. The molecule has 0 spiro atoms. The smallest absolute Gasteiger partial charge is 0.327 e. The van der Waals surface area contributed by atoms with Crippen LogP contribution in [-0.4, -0.2) is 38.7 Å². The molecule has 0 saturated heterocycles. The average molecular weight is 281 g/mol. The third-order valence-corrected chi connectivity index (χ3v) is 3.61. The van der Waals surface area contributed by atoms with Crippen molar-refractivity contribution in [1.29, 1.82) is 0 Å². The molecule has 0 fully saturated rings. The van der Waals surface area contributed by atoms with Gasteiger partial charge in [-0.05, 0) is 12.1 Å². The van der Waals surface area contributed by atoms with Gasteiger partial charge in [0.25, 0.3) is 5.91 Å². The van der Waals surface area contributed by atoms with Crippen molar-refractivity contribution in [2.45, 2.75) is 6.04 Å². The van der Waals surface area contributed by atoms with Gasteiger partial charge in [0.05, 0.1) is 5.75 Å². The number of carbonyl (C=O) groups is 2. The van der Waals surface area contributed by atoms with E-state index in [1.807, 2.05) is 0 Å². The summed E-state index contributed by atoms with van der Waals surface area (Å²) in [6.45, 7) is 3.43. The highest BCUT2D eigenvalue weighted by atomic mass is 32.2. The molecule has 0 heterocycles. The van der Waals surface area contributed by atoms with Crippen molar-refractivity contribution in [3.8, 4) is 0 Å². The molecule has 1 aromatic carbocycles. The van der Waals surface area contributed by atoms with Crippen LogP contribution in [0, 0.1) is 0 Å². The molecule has 0 unspecified atom stereocenters. The van der Waals surface area contributed by atoms with Gasteiger partial charge >= 0.3 is 5.97 Å². The maximum absolute atomic E-state index is 11.8. The third kappa shape index (κ3) is 5.05. The molecule has 0 saturated carbocycles. The molecule has 1 rings (SSSR count). The van der Waals surface area contributed by atoms with Gasteiger partial charge in [-0.2, -0.15) is 0 Å². The number of amides is 1. The Kier molecular flexibility index (Phi) is 5.95. The minimum atomic E-state index is -1.36. The number of carbonyl (C=O) groups excluding carboxylic acids is 1. The Morgan fingerprint density at radius 1 is 1.37 bits per heavy atom. The van der Waals surface area contributed by atoms with Crippen LogP contribution in [0.25, 0.3) is 0 Å². The third-order valence-electron chi connectivity index (χ3n) is 2.30. The first-order valence-electron chi connectivity index (χ1n) is 5.59. The van der Waals surface area contributed by atoms with Crippen molar-refractivity contribution in [2.24, 2.45) is 0 Å². The van der Waals surface area contributed by atoms with E-state index in [4.69, 9.17) is 5.11 Å². The Bertz CT molecular complexity index is 487. The zero-order chi connectivity index (χ0) is 14.3. The standard InChI is InChI=1S/C13H15NO4S/c1-2-8-19(18)9-11(13(16)17)14-12(15)10-6-4-3-5-7-10/h2-7,11H,1,8-9H2,(H,14,15)(H,16,17)/t11-,19+/m0/s1. The van der Waals surface area contributed by atoms with E-state index in [9.17, 15) is 13.8 Å². The number of nitrogens with one attached hydrogen (secondary N) is 1. The number of carboxylic acid groups (broad SMARTS) is 1. The lowest BCUT2D eigenvalue weighted by molar-refractivity contribution is -0.138. The van der Waals surface area contributed by atoms with Crippen molar-refractivity contribution < 1.29 is 18.9 Å². The van der Waals surface area contributed by atoms with Crippen LogP contribution >= 0.6 is 0 Å². The number of aliphatic carboxylic acids is 1. The summed E-state index contributed by atoms with van der Waals surface area (Å²) in [5.74, 6) is -1.64. The quantitative estimate of drug-likeness (QED) is 0.724. The summed E-state index contributed by atoms with van der Waals surface area (Å²) in [7, 11) is -1.36. The summed E-state index contributed by atoms with van der Waals surface area (Å²) in [6.07, 6.45) is 1.45. The average Bonchev–Trinajstić information content (AvgIpc) is 2.39. The van der Waals surface area contributed by atoms with Crippen molar-refractivity contribution in [2.75, 3.05) is 11.5 Å². The van der Waals surface area contributed by atoms with Crippen LogP contribution in [0.2, 0.25) is 0 Å². The Hall–Kier alpha value is -1.95. The van der Waals surface area contributed by atoms with Gasteiger partial charge in [0.2, 0.25) is 0 Å². The maximum atomic E-state index is 11.8. The fourth-order valence-corrected chi connectivity index (χ4v) is 2.39. The molecule has 6 heteroatoms. The first kappa shape index (κ1) is 15.1. The Balaban J connectivity index is 2.69. The molecule has 0 aliphatic rings. The molecule has 5 nitrogen and oxygen atoms in total. The summed E-state index contributed by atoms with van der Waals surface area (Å²) in [6, 6.07) is 7.10. The minimum absolute atomic E-state index is 0.139. The van der Waals surface area contributed by atoms with Crippen LogP contribution in [0.3, 0.4) is 0 Å². The van der Waals surface area contributed by atoms with Gasteiger partial charge in [-0.25, -0.2) is 4.79 Å². The molecule has 1 amide bonds.